The molecule has 0 saturated heterocycles. The Labute approximate surface area is 97.4 Å². The summed E-state index contributed by atoms with van der Waals surface area (Å²) in [6, 6.07) is 11.1. The van der Waals surface area contributed by atoms with Crippen LogP contribution < -0.4 is 0 Å². The zero-order valence-corrected chi connectivity index (χ0v) is 10.1. The smallest absolute Gasteiger partial charge is 0.0174 e. The molecule has 0 aliphatic rings. The van der Waals surface area contributed by atoms with Crippen molar-refractivity contribution in [3.63, 3.8) is 0 Å². The van der Waals surface area contributed by atoms with Gasteiger partial charge in [-0.05, 0) is 26.0 Å². The minimum Gasteiger partial charge on any atom is -0.300 e. The minimum absolute atomic E-state index is 0.528. The molecule has 1 aromatic carbocycles. The first-order valence-corrected chi connectivity index (χ1v) is 5.67. The normalized spacial score (nSPS) is 13.6. The molecule has 0 aliphatic heterocycles. The van der Waals surface area contributed by atoms with E-state index in [1.54, 1.807) is 5.54 Å². The number of benzene rings is 1. The Bertz CT molecular complexity index is 295. The third kappa shape index (κ3) is 4.50. The van der Waals surface area contributed by atoms with E-state index < -0.39 is 0 Å². The van der Waals surface area contributed by atoms with Crippen LogP contribution in [-0.4, -0.2) is 24.5 Å². The highest BCUT2D eigenvalue weighted by Gasteiger charge is 2.07. The lowest BCUT2D eigenvalue weighted by Gasteiger charge is -2.23. The first-order valence-electron chi connectivity index (χ1n) is 5.23. The SMILES string of the molecule is C[C@H](Cc1ccccc1)N(C)C/C=C/Cl. The second-order valence-corrected chi connectivity index (χ2v) is 4.09. The van der Waals surface area contributed by atoms with Crippen molar-refractivity contribution < 1.29 is 0 Å². The number of likely N-dealkylation sites (N-methyl/N-ethyl adjacent to an activating group) is 1. The van der Waals surface area contributed by atoms with Crippen molar-refractivity contribution in [2.24, 2.45) is 0 Å². The Morgan fingerprint density at radius 2 is 2.00 bits per heavy atom. The standard InChI is InChI=1S/C13H18ClN/c1-12(15(2)10-6-9-14)11-13-7-4-3-5-8-13/h3-9,12H,10-11H2,1-2H3/b9-6+/t12-/m1/s1. The molecule has 0 amide bonds. The zero-order chi connectivity index (χ0) is 11.1. The second kappa shape index (κ2) is 6.65. The van der Waals surface area contributed by atoms with E-state index in [1.807, 2.05) is 12.1 Å². The summed E-state index contributed by atoms with van der Waals surface area (Å²) in [6.07, 6.45) is 3.04. The predicted molar refractivity (Wildman–Crippen MR) is 67.2 cm³/mol. The van der Waals surface area contributed by atoms with Crippen LogP contribution in [0.15, 0.2) is 41.9 Å². The van der Waals surface area contributed by atoms with Gasteiger partial charge < -0.3 is 0 Å². The summed E-state index contributed by atoms with van der Waals surface area (Å²) in [6.45, 7) is 3.13. The van der Waals surface area contributed by atoms with E-state index in [4.69, 9.17) is 11.6 Å². The molecule has 0 unspecified atom stereocenters. The van der Waals surface area contributed by atoms with E-state index in [1.165, 1.54) is 5.56 Å². The number of nitrogens with zero attached hydrogens (tertiary/aromatic N) is 1. The van der Waals surface area contributed by atoms with Gasteiger partial charge in [-0.2, -0.15) is 0 Å². The Hall–Kier alpha value is -0.790. The molecular weight excluding hydrogens is 206 g/mol. The van der Waals surface area contributed by atoms with E-state index >= 15 is 0 Å². The van der Waals surface area contributed by atoms with Gasteiger partial charge in [0.05, 0.1) is 0 Å². The van der Waals surface area contributed by atoms with Gasteiger partial charge in [-0.3, -0.25) is 4.90 Å². The van der Waals surface area contributed by atoms with Crippen LogP contribution in [0.2, 0.25) is 0 Å². The molecule has 1 nitrogen and oxygen atoms in total. The fourth-order valence-electron chi connectivity index (χ4n) is 1.50. The van der Waals surface area contributed by atoms with Crippen LogP contribution in [0, 0.1) is 0 Å². The molecule has 0 N–H and O–H groups in total. The molecule has 0 aliphatic carbocycles. The van der Waals surface area contributed by atoms with Crippen LogP contribution >= 0.6 is 11.6 Å². The highest BCUT2D eigenvalue weighted by atomic mass is 35.5. The average Bonchev–Trinajstić information content (AvgIpc) is 2.27. The maximum atomic E-state index is 5.50. The molecule has 82 valence electrons. The van der Waals surface area contributed by atoms with E-state index in [9.17, 15) is 0 Å². The van der Waals surface area contributed by atoms with Crippen LogP contribution in [-0.2, 0) is 6.42 Å². The van der Waals surface area contributed by atoms with Gasteiger partial charge in [-0.15, -0.1) is 0 Å². The molecular formula is C13H18ClN. The Morgan fingerprint density at radius 3 is 2.60 bits per heavy atom. The third-order valence-electron chi connectivity index (χ3n) is 2.61. The predicted octanol–water partition coefficient (Wildman–Crippen LogP) is 3.30. The molecule has 1 rings (SSSR count). The van der Waals surface area contributed by atoms with Gasteiger partial charge in [0, 0.05) is 18.1 Å². The topological polar surface area (TPSA) is 3.24 Å². The number of rotatable bonds is 5. The van der Waals surface area contributed by atoms with E-state index in [2.05, 4.69) is 43.1 Å². The van der Waals surface area contributed by atoms with Crippen molar-refractivity contribution >= 4 is 11.6 Å². The second-order valence-electron chi connectivity index (χ2n) is 3.84. The summed E-state index contributed by atoms with van der Waals surface area (Å²) in [7, 11) is 2.12. The van der Waals surface area contributed by atoms with Crippen LogP contribution in [0.1, 0.15) is 12.5 Å². The molecule has 0 aromatic heterocycles. The van der Waals surface area contributed by atoms with Gasteiger partial charge >= 0.3 is 0 Å². The summed E-state index contributed by atoms with van der Waals surface area (Å²) in [5, 5.41) is 0. The van der Waals surface area contributed by atoms with Crippen molar-refractivity contribution in [1.29, 1.82) is 0 Å². The molecule has 0 radical (unpaired) electrons. The van der Waals surface area contributed by atoms with Gasteiger partial charge in [0.2, 0.25) is 0 Å². The molecule has 0 bridgehead atoms. The van der Waals surface area contributed by atoms with Crippen molar-refractivity contribution in [1.82, 2.24) is 4.90 Å². The van der Waals surface area contributed by atoms with Crippen LogP contribution in [0.25, 0.3) is 0 Å². The molecule has 15 heavy (non-hydrogen) atoms. The molecule has 1 aromatic rings. The van der Waals surface area contributed by atoms with Gasteiger partial charge in [-0.1, -0.05) is 48.0 Å². The first-order chi connectivity index (χ1) is 7.24. The Kier molecular flexibility index (Phi) is 5.44. The summed E-state index contributed by atoms with van der Waals surface area (Å²) >= 11 is 5.50. The van der Waals surface area contributed by atoms with E-state index in [0.29, 0.717) is 6.04 Å². The maximum absolute atomic E-state index is 5.50. The fourth-order valence-corrected chi connectivity index (χ4v) is 1.58. The number of halogens is 1. The third-order valence-corrected chi connectivity index (χ3v) is 2.79. The molecule has 0 fully saturated rings. The van der Waals surface area contributed by atoms with Crippen LogP contribution in [0.3, 0.4) is 0 Å². The maximum Gasteiger partial charge on any atom is 0.0174 e. The van der Waals surface area contributed by atoms with Crippen LogP contribution in [0.5, 0.6) is 0 Å². The van der Waals surface area contributed by atoms with Crippen LogP contribution in [0.4, 0.5) is 0 Å². The van der Waals surface area contributed by atoms with Gasteiger partial charge in [0.1, 0.15) is 0 Å². The summed E-state index contributed by atoms with van der Waals surface area (Å²) in [4.78, 5) is 2.28. The summed E-state index contributed by atoms with van der Waals surface area (Å²) in [5.41, 5.74) is 2.96. The van der Waals surface area contributed by atoms with Crippen molar-refractivity contribution in [2.45, 2.75) is 19.4 Å². The molecule has 0 heterocycles. The first kappa shape index (κ1) is 12.3. The minimum atomic E-state index is 0.528. The molecule has 2 heteroatoms. The summed E-state index contributed by atoms with van der Waals surface area (Å²) in [5.74, 6) is 0. The van der Waals surface area contributed by atoms with E-state index in [0.717, 1.165) is 13.0 Å². The van der Waals surface area contributed by atoms with Gasteiger partial charge in [-0.25, -0.2) is 0 Å². The largest absolute Gasteiger partial charge is 0.300 e. The fraction of sp³-hybridized carbons (Fsp3) is 0.385. The summed E-state index contributed by atoms with van der Waals surface area (Å²) < 4.78 is 0. The van der Waals surface area contributed by atoms with E-state index in [-0.39, 0.29) is 0 Å². The van der Waals surface area contributed by atoms with Gasteiger partial charge in [0.25, 0.3) is 0 Å². The highest BCUT2D eigenvalue weighted by Crippen LogP contribution is 2.07. The van der Waals surface area contributed by atoms with Crippen molar-refractivity contribution in [3.05, 3.63) is 47.5 Å². The van der Waals surface area contributed by atoms with Crippen molar-refractivity contribution in [2.75, 3.05) is 13.6 Å². The monoisotopic (exact) mass is 223 g/mol. The molecule has 1 atom stereocenters. The molecule has 0 spiro atoms. The number of hydrogen-bond donors (Lipinski definition) is 0. The lowest BCUT2D eigenvalue weighted by Crippen LogP contribution is -2.30. The average molecular weight is 224 g/mol. The quantitative estimate of drug-likeness (QED) is 0.741. The lowest BCUT2D eigenvalue weighted by atomic mass is 10.1. The zero-order valence-electron chi connectivity index (χ0n) is 9.36. The number of hydrogen-bond acceptors (Lipinski definition) is 1. The molecule has 0 saturated carbocycles. The Morgan fingerprint density at radius 1 is 1.33 bits per heavy atom. The highest BCUT2D eigenvalue weighted by molar-refractivity contribution is 6.25. The Balaban J connectivity index is 2.44. The van der Waals surface area contributed by atoms with Gasteiger partial charge in [0.15, 0.2) is 0 Å². The van der Waals surface area contributed by atoms with Crippen molar-refractivity contribution in [3.8, 4) is 0 Å². The lowest BCUT2D eigenvalue weighted by molar-refractivity contribution is 0.283.